The third kappa shape index (κ3) is 3.30. The Kier molecular flexibility index (Phi) is 6.17. The summed E-state index contributed by atoms with van der Waals surface area (Å²) in [5.41, 5.74) is 1.73. The number of rotatable bonds is 2. The van der Waals surface area contributed by atoms with Crippen molar-refractivity contribution >= 4 is 27.3 Å². The van der Waals surface area contributed by atoms with Crippen LogP contribution in [0.5, 0.6) is 0 Å². The third-order valence-electron chi connectivity index (χ3n) is 1.75. The zero-order valence-corrected chi connectivity index (χ0v) is 11.0. The van der Waals surface area contributed by atoms with Crippen molar-refractivity contribution in [2.75, 3.05) is 12.4 Å². The summed E-state index contributed by atoms with van der Waals surface area (Å²) in [4.78, 5) is 0. The van der Waals surface area contributed by atoms with E-state index in [-0.39, 0.29) is 5.82 Å². The number of nitrogens with one attached hydrogen (secondary N) is 2. The van der Waals surface area contributed by atoms with E-state index in [1.165, 1.54) is 6.07 Å². The summed E-state index contributed by atoms with van der Waals surface area (Å²) >= 11 is 3.13. The molecule has 0 aliphatic heterocycles. The van der Waals surface area contributed by atoms with Gasteiger partial charge in [0.15, 0.2) is 0 Å². The van der Waals surface area contributed by atoms with E-state index in [0.29, 0.717) is 21.4 Å². The van der Waals surface area contributed by atoms with E-state index in [4.69, 9.17) is 5.41 Å². The molecule has 1 aromatic carbocycles. The molecular formula is C11H16BrFN2. The highest BCUT2D eigenvalue weighted by atomic mass is 79.9. The molecule has 0 heterocycles. The van der Waals surface area contributed by atoms with E-state index in [9.17, 15) is 4.39 Å². The normalized spacial score (nSPS) is 8.93. The minimum absolute atomic E-state index is 0.325. The molecular weight excluding hydrogens is 259 g/mol. The number of halogens is 2. The van der Waals surface area contributed by atoms with Crippen molar-refractivity contribution < 1.29 is 4.39 Å². The fourth-order valence-corrected chi connectivity index (χ4v) is 1.65. The van der Waals surface area contributed by atoms with Crippen LogP contribution >= 0.6 is 15.9 Å². The molecule has 0 unspecified atom stereocenters. The van der Waals surface area contributed by atoms with Crippen LogP contribution in [0.15, 0.2) is 16.6 Å². The Morgan fingerprint density at radius 1 is 1.40 bits per heavy atom. The van der Waals surface area contributed by atoms with E-state index in [0.717, 1.165) is 0 Å². The molecule has 0 aliphatic rings. The number of hydrogen-bond donors (Lipinski definition) is 2. The molecule has 0 bridgehead atoms. The van der Waals surface area contributed by atoms with E-state index < -0.39 is 0 Å². The highest BCUT2D eigenvalue weighted by Gasteiger charge is 2.10. The van der Waals surface area contributed by atoms with Gasteiger partial charge in [-0.2, -0.15) is 0 Å². The van der Waals surface area contributed by atoms with Crippen LogP contribution in [0.25, 0.3) is 0 Å². The zero-order valence-electron chi connectivity index (χ0n) is 9.41. The van der Waals surface area contributed by atoms with Gasteiger partial charge in [-0.25, -0.2) is 4.39 Å². The maximum atomic E-state index is 13.1. The van der Waals surface area contributed by atoms with E-state index >= 15 is 0 Å². The Morgan fingerprint density at radius 2 is 1.93 bits per heavy atom. The molecule has 0 saturated heterocycles. The molecule has 4 heteroatoms. The summed E-state index contributed by atoms with van der Waals surface area (Å²) in [6.45, 7) is 5.67. The minimum Gasteiger partial charge on any atom is -0.387 e. The lowest BCUT2D eigenvalue weighted by molar-refractivity contribution is 0.621. The van der Waals surface area contributed by atoms with Gasteiger partial charge >= 0.3 is 0 Å². The van der Waals surface area contributed by atoms with Crippen molar-refractivity contribution in [3.05, 3.63) is 28.0 Å². The van der Waals surface area contributed by atoms with Crippen LogP contribution in [0.4, 0.5) is 10.1 Å². The monoisotopic (exact) mass is 274 g/mol. The largest absolute Gasteiger partial charge is 0.387 e. The Morgan fingerprint density at radius 3 is 2.33 bits per heavy atom. The lowest BCUT2D eigenvalue weighted by Crippen LogP contribution is -2.02. The van der Waals surface area contributed by atoms with Crippen molar-refractivity contribution in [1.29, 1.82) is 5.41 Å². The van der Waals surface area contributed by atoms with Crippen LogP contribution < -0.4 is 5.32 Å². The maximum Gasteiger partial charge on any atom is 0.139 e. The van der Waals surface area contributed by atoms with Crippen LogP contribution in [0.3, 0.4) is 0 Å². The van der Waals surface area contributed by atoms with Crippen LogP contribution in [0.1, 0.15) is 26.3 Å². The van der Waals surface area contributed by atoms with Gasteiger partial charge < -0.3 is 10.7 Å². The van der Waals surface area contributed by atoms with Gasteiger partial charge in [0.05, 0.1) is 10.2 Å². The fourth-order valence-electron chi connectivity index (χ4n) is 1.11. The summed E-state index contributed by atoms with van der Waals surface area (Å²) in [6.07, 6.45) is 0. The lowest BCUT2D eigenvalue weighted by atomic mass is 10.1. The van der Waals surface area contributed by atoms with Crippen molar-refractivity contribution in [3.8, 4) is 0 Å². The van der Waals surface area contributed by atoms with Crippen LogP contribution in [-0.2, 0) is 0 Å². The molecule has 1 aromatic rings. The zero-order chi connectivity index (χ0) is 12.0. The fraction of sp³-hybridized carbons (Fsp3) is 0.364. The second-order valence-electron chi connectivity index (χ2n) is 2.66. The SMILES string of the molecule is CC.CNc1c(C(C)=N)ccc(F)c1Br. The van der Waals surface area contributed by atoms with E-state index in [1.807, 2.05) is 13.8 Å². The summed E-state index contributed by atoms with van der Waals surface area (Å²) in [7, 11) is 1.70. The average Bonchev–Trinajstić information content (AvgIpc) is 2.24. The quantitative estimate of drug-likeness (QED) is 0.785. The first-order chi connectivity index (χ1) is 7.07. The predicted octanol–water partition coefficient (Wildman–Crippen LogP) is 4.04. The van der Waals surface area contributed by atoms with Gasteiger partial charge in [0.25, 0.3) is 0 Å². The maximum absolute atomic E-state index is 13.1. The van der Waals surface area contributed by atoms with E-state index in [1.54, 1.807) is 20.0 Å². The van der Waals surface area contributed by atoms with Gasteiger partial charge in [-0.3, -0.25) is 0 Å². The molecule has 15 heavy (non-hydrogen) atoms. The topological polar surface area (TPSA) is 35.9 Å². The molecule has 84 valence electrons. The molecule has 0 aromatic heterocycles. The van der Waals surface area contributed by atoms with Gasteiger partial charge in [0.2, 0.25) is 0 Å². The molecule has 0 aliphatic carbocycles. The Balaban J connectivity index is 0.000000921. The molecule has 0 spiro atoms. The number of anilines is 1. The molecule has 0 atom stereocenters. The van der Waals surface area contributed by atoms with Crippen LogP contribution in [-0.4, -0.2) is 12.8 Å². The standard InChI is InChI=1S/C9H10BrFN2.C2H6/c1-5(12)6-3-4-7(11)8(10)9(6)13-2;1-2/h3-4,12-13H,1-2H3;1-2H3. The second kappa shape index (κ2) is 6.56. The molecule has 0 saturated carbocycles. The first kappa shape index (κ1) is 14.1. The van der Waals surface area contributed by atoms with Crippen molar-refractivity contribution in [3.63, 3.8) is 0 Å². The van der Waals surface area contributed by atoms with Gasteiger partial charge in [0.1, 0.15) is 5.82 Å². The number of hydrogen-bond acceptors (Lipinski definition) is 2. The Labute approximate surface area is 98.5 Å². The second-order valence-corrected chi connectivity index (χ2v) is 3.45. The van der Waals surface area contributed by atoms with Crippen molar-refractivity contribution in [1.82, 2.24) is 0 Å². The third-order valence-corrected chi connectivity index (χ3v) is 2.52. The first-order valence-electron chi connectivity index (χ1n) is 4.79. The smallest absolute Gasteiger partial charge is 0.139 e. The summed E-state index contributed by atoms with van der Waals surface area (Å²) in [5.74, 6) is -0.325. The van der Waals surface area contributed by atoms with E-state index in [2.05, 4.69) is 21.2 Å². The van der Waals surface area contributed by atoms with Crippen LogP contribution in [0.2, 0.25) is 0 Å². The summed E-state index contributed by atoms with van der Waals surface area (Å²) < 4.78 is 13.4. The molecule has 2 N–H and O–H groups in total. The van der Waals surface area contributed by atoms with Gasteiger partial charge in [-0.05, 0) is 35.0 Å². The van der Waals surface area contributed by atoms with Gasteiger partial charge in [-0.1, -0.05) is 13.8 Å². The van der Waals surface area contributed by atoms with Gasteiger partial charge in [0, 0.05) is 18.3 Å². The van der Waals surface area contributed by atoms with Crippen molar-refractivity contribution in [2.24, 2.45) is 0 Å². The summed E-state index contributed by atoms with van der Waals surface area (Å²) in [5, 5.41) is 10.3. The number of benzene rings is 1. The highest BCUT2D eigenvalue weighted by molar-refractivity contribution is 9.10. The minimum atomic E-state index is -0.325. The highest BCUT2D eigenvalue weighted by Crippen LogP contribution is 2.29. The molecule has 0 amide bonds. The van der Waals surface area contributed by atoms with Crippen molar-refractivity contribution in [2.45, 2.75) is 20.8 Å². The molecule has 0 fully saturated rings. The average molecular weight is 275 g/mol. The Bertz CT molecular complexity index is 351. The Hall–Kier alpha value is -0.900. The van der Waals surface area contributed by atoms with Crippen LogP contribution in [0, 0.1) is 11.2 Å². The predicted molar refractivity (Wildman–Crippen MR) is 67.5 cm³/mol. The first-order valence-corrected chi connectivity index (χ1v) is 5.58. The van der Waals surface area contributed by atoms with Gasteiger partial charge in [-0.15, -0.1) is 0 Å². The molecule has 2 nitrogen and oxygen atoms in total. The summed E-state index contributed by atoms with van der Waals surface area (Å²) in [6, 6.07) is 2.94. The molecule has 1 rings (SSSR count). The lowest BCUT2D eigenvalue weighted by Gasteiger charge is -2.10. The molecule has 0 radical (unpaired) electrons.